The van der Waals surface area contributed by atoms with Gasteiger partial charge in [-0.15, -0.1) is 11.3 Å². The summed E-state index contributed by atoms with van der Waals surface area (Å²) in [6.45, 7) is 5.66. The second kappa shape index (κ2) is 9.01. The quantitative estimate of drug-likeness (QED) is 0.657. The molecule has 0 unspecified atom stereocenters. The summed E-state index contributed by atoms with van der Waals surface area (Å²) in [5, 5.41) is 13.9. The molecular formula is C22H25FN2O2S. The average Bonchev–Trinajstić information content (AvgIpc) is 3.12. The van der Waals surface area contributed by atoms with E-state index < -0.39 is 6.10 Å². The van der Waals surface area contributed by atoms with Crippen LogP contribution in [-0.2, 0) is 6.54 Å². The molecule has 0 spiro atoms. The number of aliphatic hydroxyl groups excluding tert-OH is 1. The van der Waals surface area contributed by atoms with Crippen molar-refractivity contribution in [2.24, 2.45) is 0 Å². The fourth-order valence-electron chi connectivity index (χ4n) is 3.60. The first-order valence-corrected chi connectivity index (χ1v) is 10.5. The topological polar surface area (TPSA) is 35.9 Å². The van der Waals surface area contributed by atoms with Crippen LogP contribution in [0.3, 0.4) is 0 Å². The van der Waals surface area contributed by atoms with Crippen LogP contribution in [0, 0.1) is 5.82 Å². The number of ether oxygens (including phenoxy) is 1. The Morgan fingerprint density at radius 1 is 1.00 bits per heavy atom. The van der Waals surface area contributed by atoms with Crippen molar-refractivity contribution in [1.82, 2.24) is 9.80 Å². The Labute approximate surface area is 168 Å². The van der Waals surface area contributed by atoms with E-state index in [1.54, 1.807) is 12.1 Å². The van der Waals surface area contributed by atoms with Crippen molar-refractivity contribution in [3.05, 3.63) is 65.3 Å². The molecule has 6 heteroatoms. The second-order valence-electron chi connectivity index (χ2n) is 7.25. The van der Waals surface area contributed by atoms with Gasteiger partial charge in [-0.1, -0.05) is 18.2 Å². The average molecular weight is 401 g/mol. The molecule has 2 aromatic carbocycles. The van der Waals surface area contributed by atoms with Gasteiger partial charge in [-0.3, -0.25) is 9.80 Å². The number of β-amino-alcohol motifs (C(OH)–C–C–N with tert-alkyl or cyclic N) is 1. The van der Waals surface area contributed by atoms with Crippen LogP contribution in [0.1, 0.15) is 5.56 Å². The normalized spacial score (nSPS) is 17.1. The van der Waals surface area contributed by atoms with Gasteiger partial charge in [-0.05, 0) is 46.7 Å². The first-order chi connectivity index (χ1) is 13.7. The number of fused-ring (bicyclic) bond motifs is 1. The Hall–Kier alpha value is -1.99. The van der Waals surface area contributed by atoms with E-state index >= 15 is 0 Å². The molecule has 28 heavy (non-hydrogen) atoms. The molecule has 1 aliphatic heterocycles. The monoisotopic (exact) mass is 400 g/mol. The lowest BCUT2D eigenvalue weighted by Crippen LogP contribution is -2.48. The third-order valence-electron chi connectivity index (χ3n) is 5.14. The Bertz CT molecular complexity index is 891. The maximum absolute atomic E-state index is 12.9. The zero-order chi connectivity index (χ0) is 19.3. The summed E-state index contributed by atoms with van der Waals surface area (Å²) in [6, 6.07) is 14.4. The van der Waals surface area contributed by atoms with Gasteiger partial charge >= 0.3 is 0 Å². The molecule has 0 bridgehead atoms. The van der Waals surface area contributed by atoms with Gasteiger partial charge in [-0.25, -0.2) is 4.39 Å². The van der Waals surface area contributed by atoms with Crippen molar-refractivity contribution in [2.45, 2.75) is 12.6 Å². The van der Waals surface area contributed by atoms with E-state index in [0.717, 1.165) is 32.7 Å². The van der Waals surface area contributed by atoms with E-state index in [0.29, 0.717) is 12.3 Å². The molecule has 1 atom stereocenters. The van der Waals surface area contributed by atoms with E-state index in [1.165, 1.54) is 27.8 Å². The highest BCUT2D eigenvalue weighted by atomic mass is 32.1. The first kappa shape index (κ1) is 19.3. The van der Waals surface area contributed by atoms with Gasteiger partial charge in [0.05, 0.1) is 0 Å². The SMILES string of the molecule is O[C@@H](COc1ccc(F)cc1)CN1CCN(Cc2csc3ccccc23)CC1. The molecule has 1 N–H and O–H groups in total. The van der Waals surface area contributed by atoms with E-state index in [4.69, 9.17) is 4.74 Å². The van der Waals surface area contributed by atoms with E-state index in [9.17, 15) is 9.50 Å². The van der Waals surface area contributed by atoms with Crippen LogP contribution >= 0.6 is 11.3 Å². The molecule has 4 nitrogen and oxygen atoms in total. The van der Waals surface area contributed by atoms with E-state index in [2.05, 4.69) is 39.4 Å². The molecule has 4 rings (SSSR count). The van der Waals surface area contributed by atoms with Crippen molar-refractivity contribution in [3.8, 4) is 5.75 Å². The van der Waals surface area contributed by atoms with Gasteiger partial charge in [0.15, 0.2) is 0 Å². The van der Waals surface area contributed by atoms with Gasteiger partial charge in [0.25, 0.3) is 0 Å². The molecule has 148 valence electrons. The number of rotatable bonds is 7. The van der Waals surface area contributed by atoms with Crippen LogP contribution in [0.4, 0.5) is 4.39 Å². The first-order valence-electron chi connectivity index (χ1n) is 9.63. The number of benzene rings is 2. The molecule has 2 heterocycles. The molecule has 1 saturated heterocycles. The number of nitrogens with zero attached hydrogens (tertiary/aromatic N) is 2. The molecule has 0 radical (unpaired) electrons. The summed E-state index contributed by atoms with van der Waals surface area (Å²) in [5.74, 6) is 0.287. The van der Waals surface area contributed by atoms with Crippen LogP contribution in [-0.4, -0.2) is 60.3 Å². The van der Waals surface area contributed by atoms with E-state index in [-0.39, 0.29) is 12.4 Å². The standard InChI is InChI=1S/C22H25FN2O2S/c23-18-5-7-20(8-6-18)27-15-19(26)14-25-11-9-24(10-12-25)13-17-16-28-22-4-2-1-3-21(17)22/h1-8,16,19,26H,9-15H2/t19-/m1/s1. The predicted molar refractivity (Wildman–Crippen MR) is 111 cm³/mol. The lowest BCUT2D eigenvalue weighted by Gasteiger charge is -2.35. The van der Waals surface area contributed by atoms with Gasteiger partial charge < -0.3 is 9.84 Å². The zero-order valence-electron chi connectivity index (χ0n) is 15.8. The fraction of sp³-hybridized carbons (Fsp3) is 0.364. The molecule has 1 aromatic heterocycles. The number of thiophene rings is 1. The molecule has 3 aromatic rings. The summed E-state index contributed by atoms with van der Waals surface area (Å²) < 4.78 is 19.8. The van der Waals surface area contributed by atoms with Crippen LogP contribution in [0.25, 0.3) is 10.1 Å². The highest BCUT2D eigenvalue weighted by Gasteiger charge is 2.20. The van der Waals surface area contributed by atoms with Crippen LogP contribution < -0.4 is 4.74 Å². The molecular weight excluding hydrogens is 375 g/mol. The van der Waals surface area contributed by atoms with Gasteiger partial charge in [0, 0.05) is 44.0 Å². The van der Waals surface area contributed by atoms with Gasteiger partial charge in [0.2, 0.25) is 0 Å². The van der Waals surface area contributed by atoms with Crippen LogP contribution in [0.2, 0.25) is 0 Å². The van der Waals surface area contributed by atoms with Crippen molar-refractivity contribution in [1.29, 1.82) is 0 Å². The number of piperazine rings is 1. The van der Waals surface area contributed by atoms with E-state index in [1.807, 2.05) is 11.3 Å². The lowest BCUT2D eigenvalue weighted by molar-refractivity contribution is 0.0447. The number of aliphatic hydroxyl groups is 1. The minimum absolute atomic E-state index is 0.215. The summed E-state index contributed by atoms with van der Waals surface area (Å²) in [6.07, 6.45) is -0.558. The molecule has 0 aliphatic carbocycles. The fourth-order valence-corrected chi connectivity index (χ4v) is 4.55. The second-order valence-corrected chi connectivity index (χ2v) is 8.16. The third kappa shape index (κ3) is 4.89. The number of halogens is 1. The summed E-state index contributed by atoms with van der Waals surface area (Å²) in [5.41, 5.74) is 1.40. The highest BCUT2D eigenvalue weighted by molar-refractivity contribution is 7.17. The molecule has 0 amide bonds. The highest BCUT2D eigenvalue weighted by Crippen LogP contribution is 2.27. The van der Waals surface area contributed by atoms with Gasteiger partial charge in [-0.2, -0.15) is 0 Å². The largest absolute Gasteiger partial charge is 0.491 e. The predicted octanol–water partition coefficient (Wildman–Crippen LogP) is 3.60. The molecule has 1 fully saturated rings. The van der Waals surface area contributed by atoms with Crippen molar-refractivity contribution < 1.29 is 14.2 Å². The lowest BCUT2D eigenvalue weighted by atomic mass is 10.1. The van der Waals surface area contributed by atoms with Crippen molar-refractivity contribution in [2.75, 3.05) is 39.3 Å². The number of hydrogen-bond donors (Lipinski definition) is 1. The Morgan fingerprint density at radius 3 is 2.50 bits per heavy atom. The maximum atomic E-state index is 12.9. The smallest absolute Gasteiger partial charge is 0.123 e. The van der Waals surface area contributed by atoms with Crippen molar-refractivity contribution in [3.63, 3.8) is 0 Å². The Morgan fingerprint density at radius 2 is 1.71 bits per heavy atom. The molecule has 0 saturated carbocycles. The van der Waals surface area contributed by atoms with Crippen LogP contribution in [0.15, 0.2) is 53.9 Å². The summed E-state index contributed by atoms with van der Waals surface area (Å²) in [4.78, 5) is 4.76. The van der Waals surface area contributed by atoms with Crippen molar-refractivity contribution >= 4 is 21.4 Å². The summed E-state index contributed by atoms with van der Waals surface area (Å²) in [7, 11) is 0. The minimum atomic E-state index is -0.558. The van der Waals surface area contributed by atoms with Gasteiger partial charge in [0.1, 0.15) is 24.3 Å². The molecule has 1 aliphatic rings. The maximum Gasteiger partial charge on any atom is 0.123 e. The van der Waals surface area contributed by atoms with Crippen LogP contribution in [0.5, 0.6) is 5.75 Å². The third-order valence-corrected chi connectivity index (χ3v) is 6.16. The zero-order valence-corrected chi connectivity index (χ0v) is 16.6. The number of hydrogen-bond acceptors (Lipinski definition) is 5. The minimum Gasteiger partial charge on any atom is -0.491 e. The summed E-state index contributed by atoms with van der Waals surface area (Å²) >= 11 is 1.81. The Balaban J connectivity index is 1.21. The Kier molecular flexibility index (Phi) is 6.22.